The van der Waals surface area contributed by atoms with Gasteiger partial charge < -0.3 is 5.11 Å². The second kappa shape index (κ2) is 6.17. The second-order valence-electron chi connectivity index (χ2n) is 6.20. The van der Waals surface area contributed by atoms with Gasteiger partial charge >= 0.3 is 5.97 Å². The fourth-order valence-electron chi connectivity index (χ4n) is 3.18. The standard InChI is InChI=1S/C19H13N3O5/c23-18-15-6-3-13(19(24)25)10-16(15)20-17-12(7-8-21(17)18)9-11-1-4-14(5-2-11)22(26)27/h1-6,9-10H,7-8H2,(H,24,25)/b12-9+. The summed E-state index contributed by atoms with van der Waals surface area (Å²) in [6.45, 7) is 0.483. The monoisotopic (exact) mass is 363 g/mol. The zero-order chi connectivity index (χ0) is 19.1. The van der Waals surface area contributed by atoms with Crippen LogP contribution in [0.1, 0.15) is 28.2 Å². The highest BCUT2D eigenvalue weighted by Gasteiger charge is 2.21. The molecule has 1 N–H and O–H groups in total. The van der Waals surface area contributed by atoms with Gasteiger partial charge in [-0.2, -0.15) is 0 Å². The third-order valence-electron chi connectivity index (χ3n) is 4.54. The zero-order valence-electron chi connectivity index (χ0n) is 14.0. The van der Waals surface area contributed by atoms with Crippen LogP contribution in [-0.4, -0.2) is 25.6 Å². The number of nitrogens with zero attached hydrogens (tertiary/aromatic N) is 3. The number of fused-ring (bicyclic) bond motifs is 2. The Balaban J connectivity index is 1.82. The maximum atomic E-state index is 12.7. The fraction of sp³-hybridized carbons (Fsp3) is 0.105. The molecule has 0 amide bonds. The number of benzene rings is 2. The fourth-order valence-corrected chi connectivity index (χ4v) is 3.18. The molecule has 27 heavy (non-hydrogen) atoms. The third kappa shape index (κ3) is 2.86. The molecule has 0 spiro atoms. The summed E-state index contributed by atoms with van der Waals surface area (Å²) in [4.78, 5) is 38.7. The van der Waals surface area contributed by atoms with Crippen molar-refractivity contribution in [1.82, 2.24) is 9.55 Å². The molecular formula is C19H13N3O5. The van der Waals surface area contributed by atoms with Gasteiger partial charge in [-0.25, -0.2) is 9.78 Å². The molecule has 3 aromatic rings. The van der Waals surface area contributed by atoms with Gasteiger partial charge in [0.05, 0.1) is 21.4 Å². The van der Waals surface area contributed by atoms with Gasteiger partial charge in [-0.05, 0) is 54.0 Å². The van der Waals surface area contributed by atoms with Crippen LogP contribution in [0, 0.1) is 10.1 Å². The molecular weight excluding hydrogens is 350 g/mol. The molecule has 0 saturated heterocycles. The van der Waals surface area contributed by atoms with Crippen molar-refractivity contribution in [2.75, 3.05) is 0 Å². The van der Waals surface area contributed by atoms with E-state index in [2.05, 4.69) is 4.98 Å². The summed E-state index contributed by atoms with van der Waals surface area (Å²) in [5, 5.41) is 20.3. The highest BCUT2D eigenvalue weighted by atomic mass is 16.6. The highest BCUT2D eigenvalue weighted by Crippen LogP contribution is 2.28. The third-order valence-corrected chi connectivity index (χ3v) is 4.54. The van der Waals surface area contributed by atoms with Gasteiger partial charge in [-0.15, -0.1) is 0 Å². The molecule has 0 saturated carbocycles. The summed E-state index contributed by atoms with van der Waals surface area (Å²) < 4.78 is 1.57. The van der Waals surface area contributed by atoms with E-state index < -0.39 is 10.9 Å². The lowest BCUT2D eigenvalue weighted by atomic mass is 10.1. The van der Waals surface area contributed by atoms with Crippen LogP contribution in [0.5, 0.6) is 0 Å². The van der Waals surface area contributed by atoms with E-state index in [-0.39, 0.29) is 16.8 Å². The number of carboxylic acid groups (broad SMARTS) is 1. The van der Waals surface area contributed by atoms with Gasteiger partial charge in [0.15, 0.2) is 0 Å². The SMILES string of the molecule is O=C(O)c1ccc2c(=O)n3c(nc2c1)/C(=C/c1ccc([N+](=O)[O-])cc1)CC3. The number of hydrogen-bond donors (Lipinski definition) is 1. The van der Waals surface area contributed by atoms with Crippen molar-refractivity contribution in [2.24, 2.45) is 0 Å². The Morgan fingerprint density at radius 2 is 1.96 bits per heavy atom. The van der Waals surface area contributed by atoms with Gasteiger partial charge in [-0.1, -0.05) is 0 Å². The van der Waals surface area contributed by atoms with Crippen LogP contribution < -0.4 is 5.56 Å². The number of carboxylic acids is 1. The molecule has 0 atom stereocenters. The van der Waals surface area contributed by atoms with Crippen LogP contribution in [0.4, 0.5) is 5.69 Å². The lowest BCUT2D eigenvalue weighted by Crippen LogP contribution is -2.20. The van der Waals surface area contributed by atoms with Crippen molar-refractivity contribution < 1.29 is 14.8 Å². The number of nitro groups is 1. The van der Waals surface area contributed by atoms with E-state index in [1.807, 2.05) is 6.08 Å². The number of non-ortho nitro benzene ring substituents is 1. The van der Waals surface area contributed by atoms with E-state index in [1.165, 1.54) is 30.3 Å². The molecule has 0 fully saturated rings. The lowest BCUT2D eigenvalue weighted by molar-refractivity contribution is -0.384. The summed E-state index contributed by atoms with van der Waals surface area (Å²) in [7, 11) is 0. The number of aromatic carboxylic acids is 1. The van der Waals surface area contributed by atoms with Crippen LogP contribution >= 0.6 is 0 Å². The van der Waals surface area contributed by atoms with Gasteiger partial charge in [0, 0.05) is 18.7 Å². The summed E-state index contributed by atoms with van der Waals surface area (Å²) in [6.07, 6.45) is 2.43. The van der Waals surface area contributed by atoms with Gasteiger partial charge in [0.1, 0.15) is 5.82 Å². The molecule has 8 heteroatoms. The normalized spacial score (nSPS) is 14.4. The molecule has 0 radical (unpaired) electrons. The largest absolute Gasteiger partial charge is 0.478 e. The molecule has 1 aromatic heterocycles. The number of nitro benzene ring substituents is 1. The Labute approximate surface area is 152 Å². The average Bonchev–Trinajstić information content (AvgIpc) is 3.05. The Bertz CT molecular complexity index is 1190. The molecule has 2 heterocycles. The Morgan fingerprint density at radius 3 is 2.63 bits per heavy atom. The molecule has 0 bridgehead atoms. The summed E-state index contributed by atoms with van der Waals surface area (Å²) in [5.41, 5.74) is 1.78. The summed E-state index contributed by atoms with van der Waals surface area (Å²) in [6, 6.07) is 10.4. The Hall–Kier alpha value is -3.81. The molecule has 4 rings (SSSR count). The molecule has 0 aliphatic carbocycles. The molecule has 2 aromatic carbocycles. The van der Waals surface area contributed by atoms with E-state index in [9.17, 15) is 19.7 Å². The van der Waals surface area contributed by atoms with Crippen LogP contribution in [0.3, 0.4) is 0 Å². The van der Waals surface area contributed by atoms with E-state index in [1.54, 1.807) is 16.7 Å². The van der Waals surface area contributed by atoms with Crippen LogP contribution in [0.25, 0.3) is 22.6 Å². The van der Waals surface area contributed by atoms with Crippen molar-refractivity contribution in [3.63, 3.8) is 0 Å². The number of allylic oxidation sites excluding steroid dienone is 1. The maximum absolute atomic E-state index is 12.7. The molecule has 1 aliphatic rings. The first-order chi connectivity index (χ1) is 12.9. The van der Waals surface area contributed by atoms with Gasteiger partial charge in [0.2, 0.25) is 0 Å². The maximum Gasteiger partial charge on any atom is 0.335 e. The minimum atomic E-state index is -1.08. The van der Waals surface area contributed by atoms with Crippen molar-refractivity contribution in [3.05, 3.63) is 79.9 Å². The average molecular weight is 363 g/mol. The summed E-state index contributed by atoms with van der Waals surface area (Å²) in [5.74, 6) is -0.589. The minimum Gasteiger partial charge on any atom is -0.478 e. The van der Waals surface area contributed by atoms with Crippen molar-refractivity contribution >= 4 is 34.2 Å². The van der Waals surface area contributed by atoms with Crippen molar-refractivity contribution in [3.8, 4) is 0 Å². The number of rotatable bonds is 3. The van der Waals surface area contributed by atoms with Crippen LogP contribution in [0.2, 0.25) is 0 Å². The zero-order valence-corrected chi connectivity index (χ0v) is 14.0. The first-order valence-corrected chi connectivity index (χ1v) is 8.17. The highest BCUT2D eigenvalue weighted by molar-refractivity contribution is 5.93. The molecule has 134 valence electrons. The predicted octanol–water partition coefficient (Wildman–Crippen LogP) is 2.95. The Kier molecular flexibility index (Phi) is 3.80. The quantitative estimate of drug-likeness (QED) is 0.565. The van der Waals surface area contributed by atoms with Gasteiger partial charge in [0.25, 0.3) is 11.2 Å². The first kappa shape index (κ1) is 16.6. The van der Waals surface area contributed by atoms with Crippen molar-refractivity contribution in [2.45, 2.75) is 13.0 Å². The number of carbonyl (C=O) groups is 1. The van der Waals surface area contributed by atoms with E-state index in [4.69, 9.17) is 5.11 Å². The Morgan fingerprint density at radius 1 is 1.22 bits per heavy atom. The van der Waals surface area contributed by atoms with E-state index >= 15 is 0 Å². The predicted molar refractivity (Wildman–Crippen MR) is 98.5 cm³/mol. The first-order valence-electron chi connectivity index (χ1n) is 8.17. The smallest absolute Gasteiger partial charge is 0.335 e. The molecule has 0 unspecified atom stereocenters. The minimum absolute atomic E-state index is 0.00510. The molecule has 1 aliphatic heterocycles. The number of aromatic nitrogens is 2. The second-order valence-corrected chi connectivity index (χ2v) is 6.20. The van der Waals surface area contributed by atoms with Gasteiger partial charge in [-0.3, -0.25) is 19.5 Å². The molecule has 8 nitrogen and oxygen atoms in total. The topological polar surface area (TPSA) is 115 Å². The summed E-state index contributed by atoms with van der Waals surface area (Å²) >= 11 is 0. The van der Waals surface area contributed by atoms with E-state index in [0.717, 1.165) is 11.1 Å². The lowest BCUT2D eigenvalue weighted by Gasteiger charge is -2.06. The van der Waals surface area contributed by atoms with Crippen molar-refractivity contribution in [1.29, 1.82) is 0 Å². The van der Waals surface area contributed by atoms with E-state index in [0.29, 0.717) is 29.7 Å². The van der Waals surface area contributed by atoms with Crippen LogP contribution in [-0.2, 0) is 6.54 Å². The van der Waals surface area contributed by atoms with Crippen LogP contribution in [0.15, 0.2) is 47.3 Å². The number of hydrogen-bond acceptors (Lipinski definition) is 5.